The predicted octanol–water partition coefficient (Wildman–Crippen LogP) is 0.938. The monoisotopic (exact) mass is 232 g/mol. The summed E-state index contributed by atoms with van der Waals surface area (Å²) in [7, 11) is 0. The first-order valence-corrected chi connectivity index (χ1v) is 6.00. The molecule has 0 aliphatic carbocycles. The fourth-order valence-corrected chi connectivity index (χ4v) is 2.33. The number of benzene rings is 1. The van der Waals surface area contributed by atoms with E-state index >= 15 is 0 Å². The fraction of sp³-hybridized carbons (Fsp3) is 0.500. The summed E-state index contributed by atoms with van der Waals surface area (Å²) in [5, 5.41) is 8.30. The van der Waals surface area contributed by atoms with Gasteiger partial charge in [0.05, 0.1) is 24.3 Å². The number of nitrogens with zero attached hydrogens (tertiary/aromatic N) is 3. The lowest BCUT2D eigenvalue weighted by atomic mass is 10.2. The van der Waals surface area contributed by atoms with E-state index in [0.717, 1.165) is 30.4 Å². The number of ether oxygens (including phenoxy) is 1. The van der Waals surface area contributed by atoms with Crippen molar-refractivity contribution in [1.82, 2.24) is 15.0 Å². The van der Waals surface area contributed by atoms with Gasteiger partial charge in [-0.15, -0.1) is 5.10 Å². The fourth-order valence-electron chi connectivity index (χ4n) is 2.33. The number of rotatable bonds is 3. The van der Waals surface area contributed by atoms with Crippen molar-refractivity contribution in [3.8, 4) is 0 Å². The molecule has 1 aromatic heterocycles. The molecule has 1 aromatic carbocycles. The smallest absolute Gasteiger partial charge is 0.113 e. The Morgan fingerprint density at radius 3 is 2.94 bits per heavy atom. The zero-order valence-corrected chi connectivity index (χ0v) is 9.62. The van der Waals surface area contributed by atoms with E-state index in [1.54, 1.807) is 0 Å². The Morgan fingerprint density at radius 2 is 2.12 bits per heavy atom. The third-order valence-electron chi connectivity index (χ3n) is 3.26. The zero-order chi connectivity index (χ0) is 11.7. The first-order valence-electron chi connectivity index (χ1n) is 6.00. The summed E-state index contributed by atoms with van der Waals surface area (Å²) in [6, 6.07) is 7.97. The van der Waals surface area contributed by atoms with E-state index in [9.17, 15) is 0 Å². The van der Waals surface area contributed by atoms with Gasteiger partial charge in [0, 0.05) is 6.54 Å². The molecule has 5 nitrogen and oxygen atoms in total. The number of para-hydroxylation sites is 1. The summed E-state index contributed by atoms with van der Waals surface area (Å²) in [5.41, 5.74) is 7.59. The standard InChI is InChI=1S/C12H16N4O/c13-7-9-5-6-10(17-9)8-16-12-4-2-1-3-11(12)14-15-16/h1-4,9-10H,5-8,13H2. The maximum Gasteiger partial charge on any atom is 0.113 e. The van der Waals surface area contributed by atoms with E-state index in [4.69, 9.17) is 10.5 Å². The molecule has 2 heterocycles. The average molecular weight is 232 g/mol. The van der Waals surface area contributed by atoms with Crippen LogP contribution in [0, 0.1) is 0 Å². The molecule has 3 rings (SSSR count). The van der Waals surface area contributed by atoms with Crippen LogP contribution in [0.15, 0.2) is 24.3 Å². The van der Waals surface area contributed by atoms with Gasteiger partial charge in [-0.05, 0) is 25.0 Å². The van der Waals surface area contributed by atoms with E-state index in [-0.39, 0.29) is 12.2 Å². The van der Waals surface area contributed by atoms with Gasteiger partial charge in [-0.1, -0.05) is 17.3 Å². The van der Waals surface area contributed by atoms with Gasteiger partial charge in [0.15, 0.2) is 0 Å². The first-order chi connectivity index (χ1) is 8.36. The maximum atomic E-state index is 5.82. The van der Waals surface area contributed by atoms with Crippen molar-refractivity contribution < 1.29 is 4.74 Å². The van der Waals surface area contributed by atoms with Crippen LogP contribution in [-0.2, 0) is 11.3 Å². The minimum Gasteiger partial charge on any atom is -0.372 e. The van der Waals surface area contributed by atoms with Crippen LogP contribution in [-0.4, -0.2) is 33.7 Å². The van der Waals surface area contributed by atoms with Crippen LogP contribution in [0.25, 0.3) is 11.0 Å². The van der Waals surface area contributed by atoms with Crippen LogP contribution >= 0.6 is 0 Å². The van der Waals surface area contributed by atoms with Gasteiger partial charge in [0.25, 0.3) is 0 Å². The number of nitrogens with two attached hydrogens (primary N) is 1. The van der Waals surface area contributed by atoms with Gasteiger partial charge in [-0.25, -0.2) is 4.68 Å². The molecular formula is C12H16N4O. The Kier molecular flexibility index (Phi) is 2.78. The Balaban J connectivity index is 1.77. The topological polar surface area (TPSA) is 66.0 Å². The van der Waals surface area contributed by atoms with Crippen LogP contribution in [0.3, 0.4) is 0 Å². The molecule has 1 fully saturated rings. The summed E-state index contributed by atoms with van der Waals surface area (Å²) >= 11 is 0. The second kappa shape index (κ2) is 4.43. The summed E-state index contributed by atoms with van der Waals surface area (Å²) in [6.07, 6.45) is 2.53. The van der Waals surface area contributed by atoms with Crippen LogP contribution in [0.4, 0.5) is 0 Å². The van der Waals surface area contributed by atoms with Crippen molar-refractivity contribution in [2.24, 2.45) is 5.73 Å². The second-order valence-electron chi connectivity index (χ2n) is 4.45. The summed E-state index contributed by atoms with van der Waals surface area (Å²) < 4.78 is 7.73. The molecule has 2 aromatic rings. The van der Waals surface area contributed by atoms with Crippen molar-refractivity contribution in [3.63, 3.8) is 0 Å². The van der Waals surface area contributed by atoms with E-state index in [0.29, 0.717) is 6.54 Å². The molecular weight excluding hydrogens is 216 g/mol. The lowest BCUT2D eigenvalue weighted by Gasteiger charge is -2.12. The van der Waals surface area contributed by atoms with Crippen molar-refractivity contribution in [2.45, 2.75) is 31.6 Å². The molecule has 2 unspecified atom stereocenters. The maximum absolute atomic E-state index is 5.82. The summed E-state index contributed by atoms with van der Waals surface area (Å²) in [5.74, 6) is 0. The second-order valence-corrected chi connectivity index (χ2v) is 4.45. The molecule has 0 bridgehead atoms. The van der Waals surface area contributed by atoms with Crippen LogP contribution in [0.5, 0.6) is 0 Å². The molecule has 90 valence electrons. The van der Waals surface area contributed by atoms with E-state index < -0.39 is 0 Å². The average Bonchev–Trinajstić information content (AvgIpc) is 2.97. The van der Waals surface area contributed by atoms with Crippen molar-refractivity contribution in [1.29, 1.82) is 0 Å². The number of hydrogen-bond acceptors (Lipinski definition) is 4. The minimum atomic E-state index is 0.216. The molecule has 5 heteroatoms. The van der Waals surface area contributed by atoms with E-state index in [2.05, 4.69) is 10.3 Å². The highest BCUT2D eigenvalue weighted by atomic mass is 16.5. The molecule has 2 atom stereocenters. The molecule has 0 spiro atoms. The van der Waals surface area contributed by atoms with Gasteiger partial charge in [-0.3, -0.25) is 0 Å². The quantitative estimate of drug-likeness (QED) is 0.855. The van der Waals surface area contributed by atoms with E-state index in [1.807, 2.05) is 28.9 Å². The van der Waals surface area contributed by atoms with Crippen LogP contribution < -0.4 is 5.73 Å². The molecule has 1 aliphatic heterocycles. The Morgan fingerprint density at radius 1 is 1.29 bits per heavy atom. The van der Waals surface area contributed by atoms with Crippen molar-refractivity contribution in [3.05, 3.63) is 24.3 Å². The molecule has 0 radical (unpaired) electrons. The van der Waals surface area contributed by atoms with Gasteiger partial charge in [0.2, 0.25) is 0 Å². The molecule has 2 N–H and O–H groups in total. The van der Waals surface area contributed by atoms with Crippen molar-refractivity contribution >= 4 is 11.0 Å². The highest BCUT2D eigenvalue weighted by Gasteiger charge is 2.25. The van der Waals surface area contributed by atoms with Crippen molar-refractivity contribution in [2.75, 3.05) is 6.54 Å². The zero-order valence-electron chi connectivity index (χ0n) is 9.62. The lowest BCUT2D eigenvalue weighted by Crippen LogP contribution is -2.23. The molecule has 1 saturated heterocycles. The van der Waals surface area contributed by atoms with Crippen LogP contribution in [0.1, 0.15) is 12.8 Å². The molecule has 17 heavy (non-hydrogen) atoms. The Hall–Kier alpha value is -1.46. The Labute approximate surface area is 99.5 Å². The molecule has 0 saturated carbocycles. The SMILES string of the molecule is NCC1CCC(Cn2nnc3ccccc32)O1. The summed E-state index contributed by atoms with van der Waals surface area (Å²) in [6.45, 7) is 1.37. The van der Waals surface area contributed by atoms with Gasteiger partial charge < -0.3 is 10.5 Å². The first kappa shape index (κ1) is 10.7. The highest BCUT2D eigenvalue weighted by molar-refractivity contribution is 5.73. The van der Waals surface area contributed by atoms with Gasteiger partial charge >= 0.3 is 0 Å². The number of fused-ring (bicyclic) bond motifs is 1. The van der Waals surface area contributed by atoms with Crippen LogP contribution in [0.2, 0.25) is 0 Å². The van der Waals surface area contributed by atoms with Gasteiger partial charge in [-0.2, -0.15) is 0 Å². The van der Waals surface area contributed by atoms with Gasteiger partial charge in [0.1, 0.15) is 5.52 Å². The highest BCUT2D eigenvalue weighted by Crippen LogP contribution is 2.21. The molecule has 0 amide bonds. The third-order valence-corrected chi connectivity index (χ3v) is 3.26. The number of hydrogen-bond donors (Lipinski definition) is 1. The summed E-state index contributed by atoms with van der Waals surface area (Å²) in [4.78, 5) is 0. The Bertz CT molecular complexity index is 510. The predicted molar refractivity (Wildman–Crippen MR) is 64.5 cm³/mol. The largest absolute Gasteiger partial charge is 0.372 e. The lowest BCUT2D eigenvalue weighted by molar-refractivity contribution is 0.0390. The molecule has 1 aliphatic rings. The minimum absolute atomic E-state index is 0.216. The van der Waals surface area contributed by atoms with E-state index in [1.165, 1.54) is 0 Å². The normalized spacial score (nSPS) is 24.5. The number of aromatic nitrogens is 3. The third kappa shape index (κ3) is 2.03.